The lowest BCUT2D eigenvalue weighted by Gasteiger charge is -2.17. The molecule has 138 valence electrons. The topological polar surface area (TPSA) is 75.3 Å². The molecule has 0 fully saturated rings. The van der Waals surface area contributed by atoms with Gasteiger partial charge in [0.15, 0.2) is 0 Å². The van der Waals surface area contributed by atoms with Gasteiger partial charge < -0.3 is 15.6 Å². The molecule has 0 aliphatic rings. The zero-order valence-corrected chi connectivity index (χ0v) is 15.4. The number of amides is 1. The van der Waals surface area contributed by atoms with Crippen LogP contribution in [0.1, 0.15) is 31.4 Å². The molecule has 2 rings (SSSR count). The smallest absolute Gasteiger partial charge is 0.221 e. The molecule has 0 spiro atoms. The summed E-state index contributed by atoms with van der Waals surface area (Å²) in [6.45, 7) is 2.93. The average molecular weight is 345 g/mol. The third-order valence-electron chi connectivity index (χ3n) is 4.44. The van der Waals surface area contributed by atoms with Crippen LogP contribution in [0.15, 0.2) is 30.3 Å². The van der Waals surface area contributed by atoms with Crippen molar-refractivity contribution in [2.24, 2.45) is 5.73 Å². The van der Waals surface area contributed by atoms with Gasteiger partial charge in [-0.1, -0.05) is 24.6 Å². The van der Waals surface area contributed by atoms with Gasteiger partial charge in [-0.3, -0.25) is 10.2 Å². The molecular formula is C19H31N5O. The van der Waals surface area contributed by atoms with E-state index in [2.05, 4.69) is 33.5 Å². The molecular weight excluding hydrogens is 314 g/mol. The van der Waals surface area contributed by atoms with Gasteiger partial charge in [-0.25, -0.2) is 5.01 Å². The molecule has 1 heterocycles. The van der Waals surface area contributed by atoms with Gasteiger partial charge in [0.1, 0.15) is 0 Å². The van der Waals surface area contributed by atoms with Crippen LogP contribution < -0.4 is 16.5 Å². The zero-order valence-electron chi connectivity index (χ0n) is 15.4. The van der Waals surface area contributed by atoms with Crippen molar-refractivity contribution in [3.63, 3.8) is 0 Å². The summed E-state index contributed by atoms with van der Waals surface area (Å²) in [5.74, 6) is 0.110. The Morgan fingerprint density at radius 1 is 1.24 bits per heavy atom. The second-order valence-corrected chi connectivity index (χ2v) is 6.38. The van der Waals surface area contributed by atoms with Crippen molar-refractivity contribution in [3.05, 3.63) is 36.0 Å². The first-order valence-electron chi connectivity index (χ1n) is 9.08. The molecule has 4 N–H and O–H groups in total. The Labute approximate surface area is 150 Å². The number of nitrogens with two attached hydrogens (primary N) is 1. The van der Waals surface area contributed by atoms with Crippen LogP contribution in [0.5, 0.6) is 0 Å². The minimum Gasteiger partial charge on any atom is -0.356 e. The standard InChI is InChI=1S/C19H31N5O/c1-21-23(2)15-17-14-16-8-4-5-9-18(16)24(17)13-10-19(25)22-12-7-3-6-11-20/h4-5,8-9,14,21H,3,6-7,10-13,15,20H2,1-2H3,(H,22,25). The lowest BCUT2D eigenvalue weighted by molar-refractivity contribution is -0.121. The summed E-state index contributed by atoms with van der Waals surface area (Å²) in [5.41, 5.74) is 11.0. The summed E-state index contributed by atoms with van der Waals surface area (Å²) in [6.07, 6.45) is 3.58. The quantitative estimate of drug-likeness (QED) is 0.429. The van der Waals surface area contributed by atoms with E-state index in [0.29, 0.717) is 13.0 Å². The van der Waals surface area contributed by atoms with Crippen LogP contribution in [-0.2, 0) is 17.9 Å². The van der Waals surface area contributed by atoms with Crippen molar-refractivity contribution >= 4 is 16.8 Å². The molecule has 1 aromatic heterocycles. The maximum absolute atomic E-state index is 12.1. The Kier molecular flexibility index (Phi) is 7.91. The highest BCUT2D eigenvalue weighted by atomic mass is 16.1. The van der Waals surface area contributed by atoms with Gasteiger partial charge in [0, 0.05) is 37.8 Å². The molecule has 0 bridgehead atoms. The van der Waals surface area contributed by atoms with Crippen LogP contribution in [-0.4, -0.2) is 42.7 Å². The van der Waals surface area contributed by atoms with E-state index >= 15 is 0 Å². The Morgan fingerprint density at radius 2 is 2.04 bits per heavy atom. The van der Waals surface area contributed by atoms with E-state index in [1.54, 1.807) is 0 Å². The number of nitrogens with zero attached hydrogens (tertiary/aromatic N) is 2. The van der Waals surface area contributed by atoms with Crippen molar-refractivity contribution in [3.8, 4) is 0 Å². The number of unbranched alkanes of at least 4 members (excludes halogenated alkanes) is 2. The summed E-state index contributed by atoms with van der Waals surface area (Å²) in [6, 6.07) is 10.5. The van der Waals surface area contributed by atoms with Gasteiger partial charge in [0.05, 0.1) is 6.54 Å². The Balaban J connectivity index is 1.96. The maximum atomic E-state index is 12.1. The fourth-order valence-corrected chi connectivity index (χ4v) is 2.96. The maximum Gasteiger partial charge on any atom is 0.221 e. The van der Waals surface area contributed by atoms with E-state index in [9.17, 15) is 4.79 Å². The molecule has 1 amide bonds. The molecule has 0 unspecified atom stereocenters. The molecule has 0 saturated carbocycles. The van der Waals surface area contributed by atoms with E-state index in [4.69, 9.17) is 5.73 Å². The molecule has 0 aliphatic carbocycles. The van der Waals surface area contributed by atoms with Crippen molar-refractivity contribution < 1.29 is 4.79 Å². The minimum absolute atomic E-state index is 0.110. The average Bonchev–Trinajstić information content (AvgIpc) is 2.96. The summed E-state index contributed by atoms with van der Waals surface area (Å²) in [7, 11) is 3.92. The monoisotopic (exact) mass is 345 g/mol. The second-order valence-electron chi connectivity index (χ2n) is 6.38. The first-order valence-corrected chi connectivity index (χ1v) is 9.08. The fraction of sp³-hybridized carbons (Fsp3) is 0.526. The fourth-order valence-electron chi connectivity index (χ4n) is 2.96. The first kappa shape index (κ1) is 19.4. The molecule has 6 heteroatoms. The van der Waals surface area contributed by atoms with E-state index in [-0.39, 0.29) is 5.91 Å². The third-order valence-corrected chi connectivity index (χ3v) is 4.44. The summed E-state index contributed by atoms with van der Waals surface area (Å²) in [5, 5.41) is 6.25. The lowest BCUT2D eigenvalue weighted by atomic mass is 10.2. The number of nitrogens with one attached hydrogen (secondary N) is 2. The molecule has 0 aliphatic heterocycles. The van der Waals surface area contributed by atoms with Crippen LogP contribution in [0.3, 0.4) is 0 Å². The van der Waals surface area contributed by atoms with Crippen LogP contribution in [0.25, 0.3) is 10.9 Å². The largest absolute Gasteiger partial charge is 0.356 e. The molecule has 0 radical (unpaired) electrons. The number of rotatable bonds is 11. The van der Waals surface area contributed by atoms with Crippen LogP contribution in [0.4, 0.5) is 0 Å². The number of hydrogen-bond acceptors (Lipinski definition) is 4. The van der Waals surface area contributed by atoms with Crippen LogP contribution in [0.2, 0.25) is 0 Å². The zero-order chi connectivity index (χ0) is 18.1. The van der Waals surface area contributed by atoms with Crippen LogP contribution in [0, 0.1) is 0 Å². The van der Waals surface area contributed by atoms with Crippen molar-refractivity contribution in [1.82, 2.24) is 20.3 Å². The van der Waals surface area contributed by atoms with Gasteiger partial charge in [-0.2, -0.15) is 0 Å². The van der Waals surface area contributed by atoms with Gasteiger partial charge in [0.25, 0.3) is 0 Å². The van der Waals surface area contributed by atoms with Gasteiger partial charge >= 0.3 is 0 Å². The summed E-state index contributed by atoms with van der Waals surface area (Å²) in [4.78, 5) is 12.1. The molecule has 6 nitrogen and oxygen atoms in total. The Hall–Kier alpha value is -1.89. The molecule has 0 saturated heterocycles. The number of aromatic nitrogens is 1. The molecule has 25 heavy (non-hydrogen) atoms. The SMILES string of the molecule is CNN(C)Cc1cc2ccccc2n1CCC(=O)NCCCCCN. The second kappa shape index (κ2) is 10.2. The van der Waals surface area contributed by atoms with E-state index < -0.39 is 0 Å². The van der Waals surface area contributed by atoms with Gasteiger partial charge in [-0.15, -0.1) is 0 Å². The van der Waals surface area contributed by atoms with Gasteiger partial charge in [-0.05, 0) is 44.0 Å². The van der Waals surface area contributed by atoms with E-state index in [1.165, 1.54) is 16.6 Å². The number of aryl methyl sites for hydroxylation is 1. The molecule has 0 atom stereocenters. The number of carbonyl (C=O) groups excluding carboxylic acids is 1. The number of para-hydroxylation sites is 1. The third kappa shape index (κ3) is 5.85. The van der Waals surface area contributed by atoms with E-state index in [0.717, 1.165) is 38.9 Å². The van der Waals surface area contributed by atoms with Crippen LogP contribution >= 0.6 is 0 Å². The van der Waals surface area contributed by atoms with Crippen molar-refractivity contribution in [2.75, 3.05) is 27.2 Å². The number of carbonyl (C=O) groups is 1. The normalized spacial score (nSPS) is 11.4. The van der Waals surface area contributed by atoms with Crippen molar-refractivity contribution in [1.29, 1.82) is 0 Å². The van der Waals surface area contributed by atoms with Crippen molar-refractivity contribution in [2.45, 2.75) is 38.8 Å². The Bertz CT molecular complexity index is 667. The molecule has 2 aromatic rings. The predicted octanol–water partition coefficient (Wildman–Crippen LogP) is 1.84. The Morgan fingerprint density at radius 3 is 2.80 bits per heavy atom. The molecule has 1 aromatic carbocycles. The van der Waals surface area contributed by atoms with E-state index in [1.807, 2.05) is 31.2 Å². The highest BCUT2D eigenvalue weighted by Crippen LogP contribution is 2.21. The number of fused-ring (bicyclic) bond motifs is 1. The number of benzene rings is 1. The number of hydrogen-bond donors (Lipinski definition) is 3. The lowest BCUT2D eigenvalue weighted by Crippen LogP contribution is -2.31. The predicted molar refractivity (Wildman–Crippen MR) is 103 cm³/mol. The summed E-state index contributed by atoms with van der Waals surface area (Å²) < 4.78 is 2.25. The summed E-state index contributed by atoms with van der Waals surface area (Å²) >= 11 is 0. The minimum atomic E-state index is 0.110. The van der Waals surface area contributed by atoms with Gasteiger partial charge in [0.2, 0.25) is 5.91 Å². The highest BCUT2D eigenvalue weighted by Gasteiger charge is 2.11. The number of hydrazine groups is 1. The highest BCUT2D eigenvalue weighted by molar-refractivity contribution is 5.82. The first-order chi connectivity index (χ1) is 12.2.